The first-order chi connectivity index (χ1) is 17.6. The number of anilines is 1. The molecular formula is C25H25FN6O5. The predicted octanol–water partition coefficient (Wildman–Crippen LogP) is 4.08. The average molecular weight is 509 g/mol. The SMILES string of the molecule is CC(=O)NC[C@H]1CN(c2ccc(C(=N)C[C@H](C)n3cc(-c4ccc([N+](=O)[O-])cc4)cn3)c(F)c2)C(=O)O1. The number of amides is 2. The van der Waals surface area contributed by atoms with Gasteiger partial charge in [0, 0.05) is 48.5 Å². The predicted molar refractivity (Wildman–Crippen MR) is 133 cm³/mol. The van der Waals surface area contributed by atoms with Crippen molar-refractivity contribution in [1.29, 1.82) is 5.41 Å². The Balaban J connectivity index is 1.40. The highest BCUT2D eigenvalue weighted by Crippen LogP contribution is 2.27. The van der Waals surface area contributed by atoms with Gasteiger partial charge in [0.2, 0.25) is 5.91 Å². The maximum Gasteiger partial charge on any atom is 0.414 e. The molecule has 2 atom stereocenters. The highest BCUT2D eigenvalue weighted by Gasteiger charge is 2.32. The molecule has 1 aromatic heterocycles. The van der Waals surface area contributed by atoms with Crippen LogP contribution in [0.1, 0.15) is 31.9 Å². The molecule has 1 fully saturated rings. The largest absolute Gasteiger partial charge is 0.442 e. The highest BCUT2D eigenvalue weighted by molar-refractivity contribution is 5.99. The smallest absolute Gasteiger partial charge is 0.414 e. The van der Waals surface area contributed by atoms with Crippen LogP contribution in [0.3, 0.4) is 0 Å². The van der Waals surface area contributed by atoms with Crippen LogP contribution < -0.4 is 10.2 Å². The van der Waals surface area contributed by atoms with Crippen LogP contribution in [0.25, 0.3) is 11.1 Å². The first-order valence-electron chi connectivity index (χ1n) is 11.5. The summed E-state index contributed by atoms with van der Waals surface area (Å²) in [5.74, 6) is -0.879. The van der Waals surface area contributed by atoms with Crippen LogP contribution in [0, 0.1) is 21.3 Å². The third-order valence-electron chi connectivity index (χ3n) is 6.01. The van der Waals surface area contributed by atoms with E-state index in [9.17, 15) is 24.1 Å². The van der Waals surface area contributed by atoms with E-state index >= 15 is 0 Å². The number of non-ortho nitro benzene ring substituents is 1. The first kappa shape index (κ1) is 25.5. The van der Waals surface area contributed by atoms with E-state index in [-0.39, 0.29) is 48.4 Å². The number of nitro benzene ring substituents is 1. The van der Waals surface area contributed by atoms with Gasteiger partial charge in [-0.05, 0) is 42.8 Å². The molecule has 0 aliphatic carbocycles. The summed E-state index contributed by atoms with van der Waals surface area (Å²) in [6.07, 6.45) is 2.43. The number of cyclic esters (lactones) is 1. The second kappa shape index (κ2) is 10.6. The van der Waals surface area contributed by atoms with Gasteiger partial charge in [0.25, 0.3) is 5.69 Å². The van der Waals surface area contributed by atoms with Crippen LogP contribution in [0.5, 0.6) is 0 Å². The fraction of sp³-hybridized carbons (Fsp3) is 0.280. The standard InChI is InChI=1S/C25H25FN6O5/c1-15(31-13-18(11-29-31)17-3-5-19(6-4-17)32(35)36)9-24(27)22-8-7-20(10-23(22)26)30-14-21(37-25(30)34)12-28-16(2)33/h3-8,10-11,13,15,21,27H,9,12,14H2,1-2H3,(H,28,33)/t15-,21-/m0/s1. The van der Waals surface area contributed by atoms with Gasteiger partial charge in [-0.3, -0.25) is 24.5 Å². The number of hydrogen-bond donors (Lipinski definition) is 2. The molecule has 0 saturated carbocycles. The Kier molecular flexibility index (Phi) is 7.27. The molecule has 4 rings (SSSR count). The van der Waals surface area contributed by atoms with Crippen LogP contribution >= 0.6 is 0 Å². The van der Waals surface area contributed by atoms with Crippen LogP contribution in [0.15, 0.2) is 54.9 Å². The van der Waals surface area contributed by atoms with Crippen molar-refractivity contribution in [3.8, 4) is 11.1 Å². The third kappa shape index (κ3) is 5.80. The normalized spacial score (nSPS) is 15.8. The van der Waals surface area contributed by atoms with Crippen LogP contribution in [0.4, 0.5) is 20.6 Å². The summed E-state index contributed by atoms with van der Waals surface area (Å²) in [7, 11) is 0. The number of nitro groups is 1. The number of carbonyl (C=O) groups is 2. The van der Waals surface area contributed by atoms with Gasteiger partial charge in [-0.25, -0.2) is 9.18 Å². The van der Waals surface area contributed by atoms with Gasteiger partial charge in [-0.1, -0.05) is 0 Å². The van der Waals surface area contributed by atoms with Crippen molar-refractivity contribution >= 4 is 29.1 Å². The Morgan fingerprint density at radius 2 is 2.03 bits per heavy atom. The molecule has 11 nitrogen and oxygen atoms in total. The Morgan fingerprint density at radius 3 is 2.68 bits per heavy atom. The van der Waals surface area contributed by atoms with Crippen molar-refractivity contribution in [3.63, 3.8) is 0 Å². The Labute approximate surface area is 211 Å². The number of halogens is 1. The summed E-state index contributed by atoms with van der Waals surface area (Å²) < 4.78 is 21.8. The minimum atomic E-state index is -0.639. The number of carbonyl (C=O) groups excluding carboxylic acids is 2. The van der Waals surface area contributed by atoms with Crippen molar-refractivity contribution in [3.05, 3.63) is 76.4 Å². The van der Waals surface area contributed by atoms with Gasteiger partial charge >= 0.3 is 6.09 Å². The Hall–Kier alpha value is -4.61. The molecule has 1 saturated heterocycles. The van der Waals surface area contributed by atoms with E-state index < -0.39 is 22.9 Å². The second-order valence-corrected chi connectivity index (χ2v) is 8.76. The topological polar surface area (TPSA) is 143 Å². The lowest BCUT2D eigenvalue weighted by molar-refractivity contribution is -0.384. The van der Waals surface area contributed by atoms with Gasteiger partial charge in [0.15, 0.2) is 0 Å². The van der Waals surface area contributed by atoms with Gasteiger partial charge in [-0.15, -0.1) is 0 Å². The van der Waals surface area contributed by atoms with Crippen molar-refractivity contribution in [2.45, 2.75) is 32.4 Å². The highest BCUT2D eigenvalue weighted by atomic mass is 19.1. The molecule has 0 bridgehead atoms. The zero-order valence-corrected chi connectivity index (χ0v) is 20.2. The molecule has 3 aromatic rings. The molecule has 192 valence electrons. The molecule has 0 radical (unpaired) electrons. The molecule has 2 heterocycles. The van der Waals surface area contributed by atoms with E-state index in [4.69, 9.17) is 10.1 Å². The lowest BCUT2D eigenvalue weighted by Gasteiger charge is -2.16. The van der Waals surface area contributed by atoms with Crippen molar-refractivity contribution in [2.75, 3.05) is 18.0 Å². The van der Waals surface area contributed by atoms with Crippen LogP contribution in [0.2, 0.25) is 0 Å². The molecule has 2 amide bonds. The lowest BCUT2D eigenvalue weighted by atomic mass is 10.0. The lowest BCUT2D eigenvalue weighted by Crippen LogP contribution is -2.33. The van der Waals surface area contributed by atoms with E-state index in [0.717, 1.165) is 11.1 Å². The van der Waals surface area contributed by atoms with Crippen molar-refractivity contribution in [2.24, 2.45) is 0 Å². The van der Waals surface area contributed by atoms with E-state index in [2.05, 4.69) is 10.4 Å². The molecule has 2 aromatic carbocycles. The monoisotopic (exact) mass is 508 g/mol. The molecule has 0 unspecified atom stereocenters. The summed E-state index contributed by atoms with van der Waals surface area (Å²) in [5, 5.41) is 26.2. The number of hydrogen-bond acceptors (Lipinski definition) is 7. The number of nitrogens with one attached hydrogen (secondary N) is 2. The summed E-state index contributed by atoms with van der Waals surface area (Å²) in [5.41, 5.74) is 2.01. The summed E-state index contributed by atoms with van der Waals surface area (Å²) >= 11 is 0. The summed E-state index contributed by atoms with van der Waals surface area (Å²) in [4.78, 5) is 35.0. The maximum absolute atomic E-state index is 15.0. The van der Waals surface area contributed by atoms with Crippen LogP contribution in [-0.4, -0.2) is 51.6 Å². The Morgan fingerprint density at radius 1 is 1.30 bits per heavy atom. The van der Waals surface area contributed by atoms with E-state index in [0.29, 0.717) is 5.69 Å². The van der Waals surface area contributed by atoms with Crippen LogP contribution in [-0.2, 0) is 9.53 Å². The quantitative estimate of drug-likeness (QED) is 0.253. The van der Waals surface area contributed by atoms with E-state index in [1.807, 2.05) is 6.92 Å². The number of nitrogens with zero attached hydrogens (tertiary/aromatic N) is 4. The maximum atomic E-state index is 15.0. The average Bonchev–Trinajstić information content (AvgIpc) is 3.50. The molecule has 1 aliphatic rings. The molecule has 12 heteroatoms. The number of rotatable bonds is 9. The first-order valence-corrected chi connectivity index (χ1v) is 11.5. The second-order valence-electron chi connectivity index (χ2n) is 8.76. The van der Waals surface area contributed by atoms with Crippen molar-refractivity contribution < 1.29 is 23.6 Å². The zero-order chi connectivity index (χ0) is 26.7. The van der Waals surface area contributed by atoms with E-state index in [1.54, 1.807) is 35.3 Å². The zero-order valence-electron chi connectivity index (χ0n) is 20.2. The van der Waals surface area contributed by atoms with Gasteiger partial charge < -0.3 is 15.5 Å². The van der Waals surface area contributed by atoms with E-state index in [1.165, 1.54) is 36.1 Å². The van der Waals surface area contributed by atoms with Gasteiger partial charge in [0.05, 0.1) is 35.9 Å². The number of ether oxygens (including phenoxy) is 1. The molecular weight excluding hydrogens is 483 g/mol. The Bertz CT molecular complexity index is 1360. The molecule has 2 N–H and O–H groups in total. The fourth-order valence-corrected chi connectivity index (χ4v) is 4.02. The van der Waals surface area contributed by atoms with Gasteiger partial charge in [-0.2, -0.15) is 5.10 Å². The fourth-order valence-electron chi connectivity index (χ4n) is 4.02. The minimum absolute atomic E-state index is 0.00238. The van der Waals surface area contributed by atoms with Gasteiger partial charge in [0.1, 0.15) is 11.9 Å². The number of aromatic nitrogens is 2. The third-order valence-corrected chi connectivity index (χ3v) is 6.01. The number of benzene rings is 2. The molecule has 37 heavy (non-hydrogen) atoms. The summed E-state index contributed by atoms with van der Waals surface area (Å²) in [6.45, 7) is 3.55. The minimum Gasteiger partial charge on any atom is -0.442 e. The summed E-state index contributed by atoms with van der Waals surface area (Å²) in [6, 6.07) is 10.1. The van der Waals surface area contributed by atoms with Crippen molar-refractivity contribution in [1.82, 2.24) is 15.1 Å². The molecule has 1 aliphatic heterocycles. The molecule has 0 spiro atoms.